The minimum Gasteiger partial charge on any atom is -0.450 e. The van der Waals surface area contributed by atoms with E-state index in [-0.39, 0.29) is 18.8 Å². The summed E-state index contributed by atoms with van der Waals surface area (Å²) in [5.41, 5.74) is 1.00. The van der Waals surface area contributed by atoms with Crippen molar-refractivity contribution in [3.8, 4) is 0 Å². The highest BCUT2D eigenvalue weighted by Crippen LogP contribution is 2.29. The van der Waals surface area contributed by atoms with E-state index in [1.54, 1.807) is 43.3 Å². The van der Waals surface area contributed by atoms with Crippen LogP contribution in [0.25, 0.3) is 0 Å². The van der Waals surface area contributed by atoms with Crippen LogP contribution < -0.4 is 10.6 Å². The second kappa shape index (κ2) is 9.96. The molecule has 0 unspecified atom stereocenters. The smallest absolute Gasteiger partial charge is 0.411 e. The molecule has 0 aliphatic heterocycles. The number of likely N-dealkylation sites (N-methyl/N-ethyl adjacent to an activating group) is 1. The van der Waals surface area contributed by atoms with Gasteiger partial charge >= 0.3 is 6.09 Å². The first kappa shape index (κ1) is 21.5. The SMILES string of the molecule is CCOC(=O)Nc1cccc(C(=O)N(C)CC(=O)Nc2c(Cl)cccc2Cl)c1. The van der Waals surface area contributed by atoms with Crippen LogP contribution in [0.1, 0.15) is 17.3 Å². The molecular formula is C19H19Cl2N3O4. The summed E-state index contributed by atoms with van der Waals surface area (Å²) in [6, 6.07) is 11.2. The highest BCUT2D eigenvalue weighted by molar-refractivity contribution is 6.39. The first-order chi connectivity index (χ1) is 13.3. The molecule has 0 radical (unpaired) electrons. The number of carbonyl (C=O) groups is 3. The Hall–Kier alpha value is -2.77. The summed E-state index contributed by atoms with van der Waals surface area (Å²) < 4.78 is 4.80. The van der Waals surface area contributed by atoms with Gasteiger partial charge in [0.1, 0.15) is 0 Å². The van der Waals surface area contributed by atoms with Crippen LogP contribution in [0.4, 0.5) is 16.2 Å². The molecule has 28 heavy (non-hydrogen) atoms. The van der Waals surface area contributed by atoms with Gasteiger partial charge in [-0.15, -0.1) is 0 Å². The lowest BCUT2D eigenvalue weighted by molar-refractivity contribution is -0.116. The highest BCUT2D eigenvalue weighted by Gasteiger charge is 2.17. The van der Waals surface area contributed by atoms with Gasteiger partial charge in [-0.05, 0) is 37.3 Å². The summed E-state index contributed by atoms with van der Waals surface area (Å²) in [5, 5.41) is 5.72. The van der Waals surface area contributed by atoms with Gasteiger partial charge in [0, 0.05) is 18.3 Å². The molecule has 0 spiro atoms. The van der Waals surface area contributed by atoms with Crippen molar-refractivity contribution in [2.45, 2.75) is 6.92 Å². The molecule has 0 fully saturated rings. The van der Waals surface area contributed by atoms with Gasteiger partial charge in [-0.1, -0.05) is 35.3 Å². The minimum atomic E-state index is -0.614. The number of rotatable bonds is 6. The van der Waals surface area contributed by atoms with Gasteiger partial charge < -0.3 is 15.0 Å². The second-order valence-electron chi connectivity index (χ2n) is 5.73. The van der Waals surface area contributed by atoms with Crippen LogP contribution in [0.5, 0.6) is 0 Å². The minimum absolute atomic E-state index is 0.212. The van der Waals surface area contributed by atoms with Crippen molar-refractivity contribution in [2.24, 2.45) is 0 Å². The number of anilines is 2. The van der Waals surface area contributed by atoms with Crippen LogP contribution >= 0.6 is 23.2 Å². The molecule has 0 saturated carbocycles. The van der Waals surface area contributed by atoms with Crippen LogP contribution in [-0.4, -0.2) is 43.0 Å². The number of ether oxygens (including phenoxy) is 1. The summed E-state index contributed by atoms with van der Waals surface area (Å²) in [6.07, 6.45) is -0.614. The average molecular weight is 424 g/mol. The fourth-order valence-corrected chi connectivity index (χ4v) is 2.81. The second-order valence-corrected chi connectivity index (χ2v) is 6.55. The maximum Gasteiger partial charge on any atom is 0.411 e. The predicted octanol–water partition coefficient (Wildman–Crippen LogP) is 4.27. The van der Waals surface area contributed by atoms with Crippen LogP contribution in [0, 0.1) is 0 Å². The van der Waals surface area contributed by atoms with Crippen molar-refractivity contribution in [1.82, 2.24) is 4.90 Å². The highest BCUT2D eigenvalue weighted by atomic mass is 35.5. The fourth-order valence-electron chi connectivity index (χ4n) is 2.32. The molecule has 0 bridgehead atoms. The number of hydrogen-bond acceptors (Lipinski definition) is 4. The normalized spacial score (nSPS) is 10.1. The van der Waals surface area contributed by atoms with Gasteiger partial charge in [-0.3, -0.25) is 14.9 Å². The molecule has 0 aliphatic rings. The van der Waals surface area contributed by atoms with Crippen LogP contribution in [0.2, 0.25) is 10.0 Å². The van der Waals surface area contributed by atoms with E-state index in [4.69, 9.17) is 27.9 Å². The Morgan fingerprint density at radius 3 is 2.32 bits per heavy atom. The summed E-state index contributed by atoms with van der Waals surface area (Å²) in [5.74, 6) is -0.848. The van der Waals surface area contributed by atoms with Gasteiger partial charge in [0.15, 0.2) is 0 Å². The molecule has 2 aromatic carbocycles. The molecule has 7 nitrogen and oxygen atoms in total. The molecule has 0 heterocycles. The van der Waals surface area contributed by atoms with E-state index in [1.165, 1.54) is 18.0 Å². The zero-order valence-electron chi connectivity index (χ0n) is 15.3. The van der Waals surface area contributed by atoms with E-state index in [1.807, 2.05) is 0 Å². The van der Waals surface area contributed by atoms with E-state index < -0.39 is 17.9 Å². The van der Waals surface area contributed by atoms with Crippen molar-refractivity contribution >= 4 is 52.5 Å². The van der Waals surface area contributed by atoms with Crippen molar-refractivity contribution in [2.75, 3.05) is 30.8 Å². The molecule has 0 saturated heterocycles. The van der Waals surface area contributed by atoms with Crippen molar-refractivity contribution < 1.29 is 19.1 Å². The topological polar surface area (TPSA) is 87.7 Å². The van der Waals surface area contributed by atoms with Gasteiger partial charge in [0.25, 0.3) is 5.91 Å². The fraction of sp³-hybridized carbons (Fsp3) is 0.211. The largest absolute Gasteiger partial charge is 0.450 e. The Labute approximate surface area is 172 Å². The number of hydrogen-bond donors (Lipinski definition) is 2. The molecule has 148 valence electrons. The molecule has 9 heteroatoms. The first-order valence-electron chi connectivity index (χ1n) is 8.35. The number of nitrogens with one attached hydrogen (secondary N) is 2. The number of halogens is 2. The Bertz CT molecular complexity index is 869. The zero-order chi connectivity index (χ0) is 20.7. The summed E-state index contributed by atoms with van der Waals surface area (Å²) in [4.78, 5) is 37.6. The third-order valence-corrected chi connectivity index (χ3v) is 4.22. The van der Waals surface area contributed by atoms with E-state index in [0.717, 1.165) is 0 Å². The first-order valence-corrected chi connectivity index (χ1v) is 9.10. The maximum absolute atomic E-state index is 12.6. The molecule has 0 aromatic heterocycles. The third kappa shape index (κ3) is 5.87. The lowest BCUT2D eigenvalue weighted by Crippen LogP contribution is -2.35. The lowest BCUT2D eigenvalue weighted by atomic mass is 10.1. The number of benzene rings is 2. The maximum atomic E-state index is 12.6. The summed E-state index contributed by atoms with van der Waals surface area (Å²) >= 11 is 12.1. The van der Waals surface area contributed by atoms with Crippen LogP contribution in [0.3, 0.4) is 0 Å². The zero-order valence-corrected chi connectivity index (χ0v) is 16.8. The Morgan fingerprint density at radius 2 is 1.68 bits per heavy atom. The van der Waals surface area contributed by atoms with E-state index >= 15 is 0 Å². The number of nitrogens with zero attached hydrogens (tertiary/aromatic N) is 1. The molecule has 0 atom stereocenters. The summed E-state index contributed by atoms with van der Waals surface area (Å²) in [6.45, 7) is 1.71. The average Bonchev–Trinajstić information content (AvgIpc) is 2.64. The molecule has 2 aromatic rings. The van der Waals surface area contributed by atoms with E-state index in [0.29, 0.717) is 21.3 Å². The monoisotopic (exact) mass is 423 g/mol. The van der Waals surface area contributed by atoms with Crippen molar-refractivity contribution in [3.63, 3.8) is 0 Å². The molecule has 2 N–H and O–H groups in total. The number of amides is 3. The van der Waals surface area contributed by atoms with Gasteiger partial charge in [0.05, 0.1) is 28.9 Å². The van der Waals surface area contributed by atoms with E-state index in [2.05, 4.69) is 10.6 Å². The Morgan fingerprint density at radius 1 is 1.04 bits per heavy atom. The molecule has 0 aliphatic carbocycles. The van der Waals surface area contributed by atoms with Crippen LogP contribution in [0.15, 0.2) is 42.5 Å². The van der Waals surface area contributed by atoms with Gasteiger partial charge in [0.2, 0.25) is 5.91 Å². The standard InChI is InChI=1S/C19H19Cl2N3O4/c1-3-28-19(27)22-13-7-4-6-12(10-13)18(26)24(2)11-16(25)23-17-14(20)8-5-9-15(17)21/h4-10H,3,11H2,1-2H3,(H,22,27)(H,23,25). The van der Waals surface area contributed by atoms with Gasteiger partial charge in [-0.2, -0.15) is 0 Å². The summed E-state index contributed by atoms with van der Waals surface area (Å²) in [7, 11) is 1.49. The Kier molecular flexibility index (Phi) is 7.66. The number of para-hydroxylation sites is 1. The van der Waals surface area contributed by atoms with E-state index in [9.17, 15) is 14.4 Å². The van der Waals surface area contributed by atoms with Gasteiger partial charge in [-0.25, -0.2) is 4.79 Å². The molecule has 3 amide bonds. The molecule has 2 rings (SSSR count). The quantitative estimate of drug-likeness (QED) is 0.725. The predicted molar refractivity (Wildman–Crippen MR) is 109 cm³/mol. The lowest BCUT2D eigenvalue weighted by Gasteiger charge is -2.18. The number of carbonyl (C=O) groups excluding carboxylic acids is 3. The third-order valence-electron chi connectivity index (χ3n) is 3.59. The van der Waals surface area contributed by atoms with Crippen molar-refractivity contribution in [1.29, 1.82) is 0 Å². The van der Waals surface area contributed by atoms with Crippen molar-refractivity contribution in [3.05, 3.63) is 58.1 Å². The van der Waals surface area contributed by atoms with Crippen LogP contribution in [-0.2, 0) is 9.53 Å². The Balaban J connectivity index is 2.02. The molecular weight excluding hydrogens is 405 g/mol.